The van der Waals surface area contributed by atoms with Crippen LogP contribution in [0.2, 0.25) is 0 Å². The van der Waals surface area contributed by atoms with Crippen molar-refractivity contribution in [1.29, 1.82) is 0 Å². The average molecular weight is 403 g/mol. The molecule has 1 amide bonds. The standard InChI is InChI=1S/C25H25NO4/c1-16-8-10-23(12-17(16)2)30-15-21-13-20(9-11-24(21)29-4)25(28)26-22-7-5-6-19(14-22)18(3)27/h5-14H,15H2,1-4H3,(H,26,28). The zero-order chi connectivity index (χ0) is 21.7. The van der Waals surface area contributed by atoms with E-state index in [2.05, 4.69) is 12.2 Å². The lowest BCUT2D eigenvalue weighted by molar-refractivity contribution is 0.101. The Morgan fingerprint density at radius 3 is 2.40 bits per heavy atom. The maximum absolute atomic E-state index is 12.7. The fourth-order valence-electron chi connectivity index (χ4n) is 3.02. The lowest BCUT2D eigenvalue weighted by atomic mass is 10.1. The van der Waals surface area contributed by atoms with Crippen molar-refractivity contribution >= 4 is 17.4 Å². The molecule has 5 heteroatoms. The maximum Gasteiger partial charge on any atom is 0.255 e. The molecule has 0 aromatic heterocycles. The van der Waals surface area contributed by atoms with Crippen LogP contribution in [0, 0.1) is 13.8 Å². The molecule has 0 bridgehead atoms. The van der Waals surface area contributed by atoms with Crippen LogP contribution >= 0.6 is 0 Å². The van der Waals surface area contributed by atoms with E-state index in [0.717, 1.165) is 16.9 Å². The second-order valence-corrected chi connectivity index (χ2v) is 7.15. The fraction of sp³-hybridized carbons (Fsp3) is 0.200. The molecule has 0 unspecified atom stereocenters. The highest BCUT2D eigenvalue weighted by atomic mass is 16.5. The van der Waals surface area contributed by atoms with Gasteiger partial charge in [0.05, 0.1) is 7.11 Å². The van der Waals surface area contributed by atoms with E-state index < -0.39 is 0 Å². The Kier molecular flexibility index (Phi) is 6.52. The van der Waals surface area contributed by atoms with Gasteiger partial charge in [0.15, 0.2) is 5.78 Å². The number of benzene rings is 3. The molecule has 0 aliphatic rings. The van der Waals surface area contributed by atoms with Crippen molar-refractivity contribution in [2.45, 2.75) is 27.4 Å². The van der Waals surface area contributed by atoms with Crippen LogP contribution < -0.4 is 14.8 Å². The van der Waals surface area contributed by atoms with Crippen molar-refractivity contribution in [2.24, 2.45) is 0 Å². The van der Waals surface area contributed by atoms with Crippen LogP contribution in [0.1, 0.15) is 44.3 Å². The van der Waals surface area contributed by atoms with E-state index >= 15 is 0 Å². The molecule has 154 valence electrons. The molecule has 0 aliphatic heterocycles. The Morgan fingerprint density at radius 2 is 1.70 bits per heavy atom. The van der Waals surface area contributed by atoms with E-state index in [0.29, 0.717) is 22.6 Å². The molecule has 3 rings (SSSR count). The van der Waals surface area contributed by atoms with Gasteiger partial charge in [0, 0.05) is 22.4 Å². The zero-order valence-corrected chi connectivity index (χ0v) is 17.6. The second kappa shape index (κ2) is 9.27. The number of methoxy groups -OCH3 is 1. The third kappa shape index (κ3) is 5.06. The summed E-state index contributed by atoms with van der Waals surface area (Å²) in [5.41, 5.74) is 4.71. The van der Waals surface area contributed by atoms with Gasteiger partial charge in [0.2, 0.25) is 0 Å². The molecule has 0 fully saturated rings. The van der Waals surface area contributed by atoms with Gasteiger partial charge in [-0.3, -0.25) is 9.59 Å². The fourth-order valence-corrected chi connectivity index (χ4v) is 3.02. The lowest BCUT2D eigenvalue weighted by Gasteiger charge is -2.13. The van der Waals surface area contributed by atoms with Gasteiger partial charge in [-0.2, -0.15) is 0 Å². The second-order valence-electron chi connectivity index (χ2n) is 7.15. The predicted octanol–water partition coefficient (Wildman–Crippen LogP) is 5.35. The average Bonchev–Trinajstić information content (AvgIpc) is 2.74. The molecule has 5 nitrogen and oxygen atoms in total. The monoisotopic (exact) mass is 403 g/mol. The number of Topliss-reactive ketones (excluding diaryl/α,β-unsaturated/α-hetero) is 1. The molecule has 0 aliphatic carbocycles. The van der Waals surface area contributed by atoms with Gasteiger partial charge in [-0.05, 0) is 74.4 Å². The summed E-state index contributed by atoms with van der Waals surface area (Å²) in [5, 5.41) is 2.83. The molecule has 3 aromatic carbocycles. The van der Waals surface area contributed by atoms with Crippen LogP contribution in [0.15, 0.2) is 60.7 Å². The summed E-state index contributed by atoms with van der Waals surface area (Å²) in [6.45, 7) is 5.85. The van der Waals surface area contributed by atoms with Gasteiger partial charge in [-0.1, -0.05) is 18.2 Å². The van der Waals surface area contributed by atoms with E-state index in [1.165, 1.54) is 12.5 Å². The van der Waals surface area contributed by atoms with E-state index in [-0.39, 0.29) is 18.3 Å². The van der Waals surface area contributed by atoms with Gasteiger partial charge in [0.25, 0.3) is 5.91 Å². The number of hydrogen-bond donors (Lipinski definition) is 1. The number of rotatable bonds is 7. The smallest absolute Gasteiger partial charge is 0.255 e. The van der Waals surface area contributed by atoms with E-state index in [9.17, 15) is 9.59 Å². The molecule has 30 heavy (non-hydrogen) atoms. The Balaban J connectivity index is 1.77. The summed E-state index contributed by atoms with van der Waals surface area (Å²) in [7, 11) is 1.59. The summed E-state index contributed by atoms with van der Waals surface area (Å²) in [4.78, 5) is 24.3. The summed E-state index contributed by atoms with van der Waals surface area (Å²) in [5.74, 6) is 1.08. The maximum atomic E-state index is 12.7. The van der Waals surface area contributed by atoms with E-state index in [1.807, 2.05) is 25.1 Å². The molecule has 0 atom stereocenters. The van der Waals surface area contributed by atoms with Crippen molar-refractivity contribution in [3.8, 4) is 11.5 Å². The molecule has 0 saturated carbocycles. The Labute approximate surface area is 176 Å². The first kappa shape index (κ1) is 21.1. The first-order chi connectivity index (χ1) is 14.4. The first-order valence-electron chi connectivity index (χ1n) is 9.66. The van der Waals surface area contributed by atoms with Crippen LogP contribution in [0.4, 0.5) is 5.69 Å². The molecule has 0 spiro atoms. The minimum absolute atomic E-state index is 0.0543. The Hall–Kier alpha value is -3.60. The zero-order valence-electron chi connectivity index (χ0n) is 17.6. The van der Waals surface area contributed by atoms with E-state index in [4.69, 9.17) is 9.47 Å². The van der Waals surface area contributed by atoms with E-state index in [1.54, 1.807) is 49.6 Å². The summed E-state index contributed by atoms with van der Waals surface area (Å²) in [6.07, 6.45) is 0. The van der Waals surface area contributed by atoms with Crippen LogP contribution in [0.25, 0.3) is 0 Å². The molecule has 0 saturated heterocycles. The van der Waals surface area contributed by atoms with Crippen LogP contribution in [-0.4, -0.2) is 18.8 Å². The predicted molar refractivity (Wildman–Crippen MR) is 118 cm³/mol. The number of anilines is 1. The third-order valence-corrected chi connectivity index (χ3v) is 4.94. The molecule has 1 N–H and O–H groups in total. The number of nitrogens with one attached hydrogen (secondary N) is 1. The molecule has 0 heterocycles. The van der Waals surface area contributed by atoms with Gasteiger partial charge in [-0.25, -0.2) is 0 Å². The first-order valence-corrected chi connectivity index (χ1v) is 9.66. The molecule has 3 aromatic rings. The molecular formula is C25H25NO4. The number of ketones is 1. The summed E-state index contributed by atoms with van der Waals surface area (Å²) in [6, 6.07) is 18.0. The van der Waals surface area contributed by atoms with Crippen LogP contribution in [0.3, 0.4) is 0 Å². The minimum atomic E-state index is -0.272. The van der Waals surface area contributed by atoms with Crippen molar-refractivity contribution in [2.75, 3.05) is 12.4 Å². The highest BCUT2D eigenvalue weighted by Crippen LogP contribution is 2.24. The SMILES string of the molecule is COc1ccc(C(=O)Nc2cccc(C(C)=O)c2)cc1COc1ccc(C)c(C)c1. The van der Waals surface area contributed by atoms with Gasteiger partial charge >= 0.3 is 0 Å². The molecule has 0 radical (unpaired) electrons. The highest BCUT2D eigenvalue weighted by molar-refractivity contribution is 6.05. The number of aryl methyl sites for hydroxylation is 2. The Bertz CT molecular complexity index is 1090. The van der Waals surface area contributed by atoms with Gasteiger partial charge < -0.3 is 14.8 Å². The topological polar surface area (TPSA) is 64.6 Å². The molecular weight excluding hydrogens is 378 g/mol. The van der Waals surface area contributed by atoms with Crippen molar-refractivity contribution in [1.82, 2.24) is 0 Å². The van der Waals surface area contributed by atoms with Crippen molar-refractivity contribution in [3.63, 3.8) is 0 Å². The van der Waals surface area contributed by atoms with Crippen molar-refractivity contribution in [3.05, 3.63) is 88.5 Å². The number of carbonyl (C=O) groups excluding carboxylic acids is 2. The lowest BCUT2D eigenvalue weighted by Crippen LogP contribution is -2.13. The van der Waals surface area contributed by atoms with Crippen molar-refractivity contribution < 1.29 is 19.1 Å². The summed E-state index contributed by atoms with van der Waals surface area (Å²) >= 11 is 0. The Morgan fingerprint density at radius 1 is 0.900 bits per heavy atom. The van der Waals surface area contributed by atoms with Crippen LogP contribution in [-0.2, 0) is 6.61 Å². The number of hydrogen-bond acceptors (Lipinski definition) is 4. The van der Waals surface area contributed by atoms with Gasteiger partial charge in [-0.15, -0.1) is 0 Å². The third-order valence-electron chi connectivity index (χ3n) is 4.94. The highest BCUT2D eigenvalue weighted by Gasteiger charge is 2.12. The largest absolute Gasteiger partial charge is 0.496 e. The van der Waals surface area contributed by atoms with Gasteiger partial charge in [0.1, 0.15) is 18.1 Å². The van der Waals surface area contributed by atoms with Crippen LogP contribution in [0.5, 0.6) is 11.5 Å². The summed E-state index contributed by atoms with van der Waals surface area (Å²) < 4.78 is 11.3. The minimum Gasteiger partial charge on any atom is -0.496 e. The number of amides is 1. The number of ether oxygens (including phenoxy) is 2. The number of carbonyl (C=O) groups is 2. The quantitative estimate of drug-likeness (QED) is 0.541. The normalized spacial score (nSPS) is 10.4.